The standard InChI is InChI=1S/C29H39N5O5S/c1-18(38-6)25-22(17-30-21-9-11-24(39-7)33-26(21)25)32-23-10-8-20(16-31-23)27(29(2,3)4)34(5)28(35)19-12-14-40(36,37)15-13-19/h8-11,16-19,27H,12-15H2,1-7H3,(H,31,32)/t18?,27-/m0/s1. The van der Waals surface area contributed by atoms with Gasteiger partial charge in [0.15, 0.2) is 0 Å². The van der Waals surface area contributed by atoms with Crippen molar-refractivity contribution in [2.24, 2.45) is 11.3 Å². The summed E-state index contributed by atoms with van der Waals surface area (Å²) in [6.07, 6.45) is 3.98. The van der Waals surface area contributed by atoms with Crippen molar-refractivity contribution < 1.29 is 22.7 Å². The maximum absolute atomic E-state index is 13.4. The number of ether oxygens (including phenoxy) is 2. The van der Waals surface area contributed by atoms with Gasteiger partial charge in [0.1, 0.15) is 21.2 Å². The molecule has 0 spiro atoms. The van der Waals surface area contributed by atoms with Crippen molar-refractivity contribution in [2.45, 2.75) is 52.7 Å². The lowest BCUT2D eigenvalue weighted by atomic mass is 9.81. The van der Waals surface area contributed by atoms with Crippen LogP contribution < -0.4 is 10.1 Å². The molecule has 2 atom stereocenters. The first kappa shape index (κ1) is 29.7. The average Bonchev–Trinajstić information content (AvgIpc) is 2.92. The number of hydrogen-bond donors (Lipinski definition) is 1. The Morgan fingerprint density at radius 1 is 1.07 bits per heavy atom. The zero-order chi connectivity index (χ0) is 29.2. The summed E-state index contributed by atoms with van der Waals surface area (Å²) >= 11 is 0. The summed E-state index contributed by atoms with van der Waals surface area (Å²) in [5.74, 6) is 0.905. The van der Waals surface area contributed by atoms with E-state index in [-0.39, 0.29) is 40.9 Å². The molecule has 3 aromatic rings. The van der Waals surface area contributed by atoms with Crippen LogP contribution in [0.15, 0.2) is 36.7 Å². The Morgan fingerprint density at radius 2 is 1.77 bits per heavy atom. The maximum Gasteiger partial charge on any atom is 0.226 e. The molecule has 1 aliphatic rings. The van der Waals surface area contributed by atoms with Gasteiger partial charge in [-0.15, -0.1) is 0 Å². The molecule has 0 radical (unpaired) electrons. The number of aromatic nitrogens is 3. The Hall–Kier alpha value is -3.31. The van der Waals surface area contributed by atoms with Crippen LogP contribution >= 0.6 is 0 Å². The van der Waals surface area contributed by atoms with Gasteiger partial charge in [-0.05, 0) is 42.9 Å². The molecular weight excluding hydrogens is 530 g/mol. The third-order valence-corrected chi connectivity index (χ3v) is 9.24. The smallest absolute Gasteiger partial charge is 0.226 e. The number of rotatable bonds is 8. The van der Waals surface area contributed by atoms with Crippen LogP contribution in [-0.2, 0) is 19.4 Å². The predicted molar refractivity (Wildman–Crippen MR) is 155 cm³/mol. The highest BCUT2D eigenvalue weighted by atomic mass is 32.2. The minimum Gasteiger partial charge on any atom is -0.481 e. The molecule has 0 aromatic carbocycles. The Labute approximate surface area is 236 Å². The van der Waals surface area contributed by atoms with Crippen LogP contribution in [-0.4, -0.2) is 66.9 Å². The largest absolute Gasteiger partial charge is 0.481 e. The molecule has 4 heterocycles. The van der Waals surface area contributed by atoms with Crippen molar-refractivity contribution in [3.8, 4) is 5.88 Å². The molecule has 1 N–H and O–H groups in total. The van der Waals surface area contributed by atoms with E-state index < -0.39 is 9.84 Å². The van der Waals surface area contributed by atoms with Gasteiger partial charge in [0.25, 0.3) is 0 Å². The van der Waals surface area contributed by atoms with Gasteiger partial charge in [-0.25, -0.2) is 18.4 Å². The number of anilines is 2. The number of nitrogens with one attached hydrogen (secondary N) is 1. The lowest BCUT2D eigenvalue weighted by Gasteiger charge is -2.40. The minimum absolute atomic E-state index is 0.0274. The number of pyridine rings is 3. The van der Waals surface area contributed by atoms with Gasteiger partial charge in [0, 0.05) is 37.9 Å². The maximum atomic E-state index is 13.4. The number of hydrogen-bond acceptors (Lipinski definition) is 9. The van der Waals surface area contributed by atoms with Crippen LogP contribution in [0.25, 0.3) is 11.0 Å². The van der Waals surface area contributed by atoms with Crippen LogP contribution in [0.4, 0.5) is 11.5 Å². The Balaban J connectivity index is 1.61. The van der Waals surface area contributed by atoms with E-state index in [0.29, 0.717) is 30.1 Å². The van der Waals surface area contributed by atoms with Gasteiger partial charge in [-0.2, -0.15) is 0 Å². The monoisotopic (exact) mass is 569 g/mol. The fraction of sp³-hybridized carbons (Fsp3) is 0.517. The van der Waals surface area contributed by atoms with E-state index in [1.165, 1.54) is 0 Å². The van der Waals surface area contributed by atoms with Gasteiger partial charge in [0.2, 0.25) is 11.8 Å². The van der Waals surface area contributed by atoms with Gasteiger partial charge in [-0.3, -0.25) is 9.78 Å². The summed E-state index contributed by atoms with van der Waals surface area (Å²) in [6, 6.07) is 7.23. The van der Waals surface area contributed by atoms with Crippen molar-refractivity contribution in [3.63, 3.8) is 0 Å². The lowest BCUT2D eigenvalue weighted by molar-refractivity contribution is -0.139. The number of amides is 1. The number of nitrogens with zero attached hydrogens (tertiary/aromatic N) is 4. The highest BCUT2D eigenvalue weighted by molar-refractivity contribution is 7.91. The molecule has 0 saturated carbocycles. The van der Waals surface area contributed by atoms with Crippen LogP contribution in [0.1, 0.15) is 63.8 Å². The van der Waals surface area contributed by atoms with Crippen molar-refractivity contribution in [2.75, 3.05) is 38.1 Å². The molecular formula is C29H39N5O5S. The van der Waals surface area contributed by atoms with Crippen molar-refractivity contribution in [3.05, 3.63) is 47.8 Å². The number of fused-ring (bicyclic) bond motifs is 1. The van der Waals surface area contributed by atoms with E-state index in [0.717, 1.165) is 22.3 Å². The number of carbonyl (C=O) groups excluding carboxylic acids is 1. The van der Waals surface area contributed by atoms with Crippen molar-refractivity contribution in [1.29, 1.82) is 0 Å². The summed E-state index contributed by atoms with van der Waals surface area (Å²) < 4.78 is 34.7. The number of sulfone groups is 1. The summed E-state index contributed by atoms with van der Waals surface area (Å²) in [5.41, 5.74) is 3.57. The Bertz CT molecular complexity index is 1460. The highest BCUT2D eigenvalue weighted by Crippen LogP contribution is 2.39. The first-order valence-electron chi connectivity index (χ1n) is 13.4. The second-order valence-electron chi connectivity index (χ2n) is 11.4. The number of methoxy groups -OCH3 is 2. The zero-order valence-electron chi connectivity index (χ0n) is 24.3. The van der Waals surface area contributed by atoms with Crippen molar-refractivity contribution in [1.82, 2.24) is 19.9 Å². The molecule has 40 heavy (non-hydrogen) atoms. The van der Waals surface area contributed by atoms with Crippen LogP contribution in [0.3, 0.4) is 0 Å². The molecule has 0 bridgehead atoms. The molecule has 4 rings (SSSR count). The Kier molecular flexibility index (Phi) is 8.65. The van der Waals surface area contributed by atoms with E-state index in [9.17, 15) is 13.2 Å². The number of carbonyl (C=O) groups is 1. The first-order valence-corrected chi connectivity index (χ1v) is 15.2. The third kappa shape index (κ3) is 6.36. The quantitative estimate of drug-likeness (QED) is 0.405. The molecule has 3 aromatic heterocycles. The van der Waals surface area contributed by atoms with Crippen LogP contribution in [0.2, 0.25) is 0 Å². The van der Waals surface area contributed by atoms with E-state index in [2.05, 4.69) is 41.0 Å². The fourth-order valence-corrected chi connectivity index (χ4v) is 6.94. The van der Waals surface area contributed by atoms with E-state index in [4.69, 9.17) is 9.47 Å². The third-order valence-electron chi connectivity index (χ3n) is 7.52. The van der Waals surface area contributed by atoms with Gasteiger partial charge in [0.05, 0.1) is 48.2 Å². The zero-order valence-corrected chi connectivity index (χ0v) is 25.1. The van der Waals surface area contributed by atoms with Gasteiger partial charge in [-0.1, -0.05) is 26.8 Å². The second kappa shape index (κ2) is 11.7. The minimum atomic E-state index is -3.04. The first-order chi connectivity index (χ1) is 18.8. The average molecular weight is 570 g/mol. The molecule has 216 valence electrons. The van der Waals surface area contributed by atoms with E-state index in [1.54, 1.807) is 44.6 Å². The molecule has 1 unspecified atom stereocenters. The molecule has 1 aliphatic heterocycles. The Morgan fingerprint density at radius 3 is 2.35 bits per heavy atom. The summed E-state index contributed by atoms with van der Waals surface area (Å²) in [7, 11) is 1.97. The molecule has 1 fully saturated rings. The highest BCUT2D eigenvalue weighted by Gasteiger charge is 2.37. The molecule has 1 amide bonds. The molecule has 1 saturated heterocycles. The lowest BCUT2D eigenvalue weighted by Crippen LogP contribution is -2.43. The van der Waals surface area contributed by atoms with Crippen LogP contribution in [0.5, 0.6) is 5.88 Å². The van der Waals surface area contributed by atoms with E-state index >= 15 is 0 Å². The molecule has 11 heteroatoms. The topological polar surface area (TPSA) is 124 Å². The fourth-order valence-electron chi connectivity index (χ4n) is 5.45. The van der Waals surface area contributed by atoms with Crippen LogP contribution in [0, 0.1) is 11.3 Å². The molecule has 10 nitrogen and oxygen atoms in total. The summed E-state index contributed by atoms with van der Waals surface area (Å²) in [5, 5.41) is 3.36. The summed E-state index contributed by atoms with van der Waals surface area (Å²) in [4.78, 5) is 29.0. The van der Waals surface area contributed by atoms with Gasteiger partial charge >= 0.3 is 0 Å². The van der Waals surface area contributed by atoms with Gasteiger partial charge < -0.3 is 19.7 Å². The van der Waals surface area contributed by atoms with Crippen molar-refractivity contribution >= 4 is 38.3 Å². The second-order valence-corrected chi connectivity index (χ2v) is 13.7. The predicted octanol–water partition coefficient (Wildman–Crippen LogP) is 4.85. The SMILES string of the molecule is COc1ccc2ncc(Nc3ccc([C@H](N(C)C(=O)C4CCS(=O)(=O)CC4)C(C)(C)C)cn3)c(C(C)OC)c2n1. The summed E-state index contributed by atoms with van der Waals surface area (Å²) in [6.45, 7) is 8.19. The van der Waals surface area contributed by atoms with E-state index in [1.807, 2.05) is 25.1 Å². The normalized spacial score (nSPS) is 17.3. The molecule has 0 aliphatic carbocycles.